The number of amides is 2. The van der Waals surface area contributed by atoms with Crippen LogP contribution < -0.4 is 10.9 Å². The Bertz CT molecular complexity index is 716. The first-order valence-corrected chi connectivity index (χ1v) is 7.28. The number of aromatic hydroxyl groups is 1. The molecule has 0 aromatic heterocycles. The molecule has 0 radical (unpaired) electrons. The van der Waals surface area contributed by atoms with E-state index in [9.17, 15) is 14.7 Å². The van der Waals surface area contributed by atoms with Gasteiger partial charge in [-0.15, -0.1) is 0 Å². The topological polar surface area (TPSA) is 78.4 Å². The van der Waals surface area contributed by atoms with Crippen LogP contribution in [0.4, 0.5) is 0 Å². The summed E-state index contributed by atoms with van der Waals surface area (Å²) in [7, 11) is 0. The van der Waals surface area contributed by atoms with Gasteiger partial charge in [0, 0.05) is 5.56 Å². The van der Waals surface area contributed by atoms with Crippen LogP contribution in [0.1, 0.15) is 47.1 Å². The Morgan fingerprint density at radius 3 is 2.00 bits per heavy atom. The number of phenolic OH excluding ortho intramolecular Hbond substituents is 1. The van der Waals surface area contributed by atoms with E-state index in [0.29, 0.717) is 5.56 Å². The number of hydrogen-bond acceptors (Lipinski definition) is 3. The first-order chi connectivity index (χ1) is 10.8. The van der Waals surface area contributed by atoms with Crippen molar-refractivity contribution in [2.24, 2.45) is 0 Å². The van der Waals surface area contributed by atoms with Gasteiger partial charge in [-0.1, -0.05) is 45.0 Å². The summed E-state index contributed by atoms with van der Waals surface area (Å²) < 4.78 is 0. The molecule has 2 aromatic carbocycles. The van der Waals surface area contributed by atoms with E-state index in [1.165, 1.54) is 12.1 Å². The maximum absolute atomic E-state index is 12.0. The van der Waals surface area contributed by atoms with Crippen molar-refractivity contribution < 1.29 is 14.7 Å². The van der Waals surface area contributed by atoms with Gasteiger partial charge in [0.05, 0.1) is 5.56 Å². The number of para-hydroxylation sites is 1. The van der Waals surface area contributed by atoms with Crippen molar-refractivity contribution >= 4 is 11.8 Å². The Labute approximate surface area is 135 Å². The van der Waals surface area contributed by atoms with E-state index in [0.717, 1.165) is 5.56 Å². The third-order valence-corrected chi connectivity index (χ3v) is 3.45. The lowest BCUT2D eigenvalue weighted by molar-refractivity contribution is 0.0845. The first kappa shape index (κ1) is 16.5. The highest BCUT2D eigenvalue weighted by atomic mass is 16.3. The van der Waals surface area contributed by atoms with Crippen LogP contribution in [0.2, 0.25) is 0 Å². The van der Waals surface area contributed by atoms with Gasteiger partial charge in [-0.05, 0) is 35.2 Å². The summed E-state index contributed by atoms with van der Waals surface area (Å²) in [5, 5.41) is 9.60. The fourth-order valence-electron chi connectivity index (χ4n) is 2.04. The third-order valence-electron chi connectivity index (χ3n) is 3.45. The average Bonchev–Trinajstić information content (AvgIpc) is 2.52. The van der Waals surface area contributed by atoms with Crippen LogP contribution in [-0.2, 0) is 5.41 Å². The lowest BCUT2D eigenvalue weighted by Crippen LogP contribution is -2.41. The predicted octanol–water partition coefficient (Wildman–Crippen LogP) is 2.76. The largest absolute Gasteiger partial charge is 0.507 e. The van der Waals surface area contributed by atoms with Crippen LogP contribution in [0.5, 0.6) is 5.75 Å². The molecule has 0 bridgehead atoms. The third kappa shape index (κ3) is 4.10. The summed E-state index contributed by atoms with van der Waals surface area (Å²) in [4.78, 5) is 23.9. The average molecular weight is 312 g/mol. The molecule has 0 aliphatic rings. The Balaban J connectivity index is 2.00. The number of hydrogen-bond donors (Lipinski definition) is 3. The van der Waals surface area contributed by atoms with Crippen molar-refractivity contribution in [1.29, 1.82) is 0 Å². The highest BCUT2D eigenvalue weighted by molar-refractivity contribution is 6.00. The van der Waals surface area contributed by atoms with Gasteiger partial charge in [0.2, 0.25) is 0 Å². The van der Waals surface area contributed by atoms with E-state index in [1.807, 2.05) is 12.1 Å². The van der Waals surface area contributed by atoms with Gasteiger partial charge < -0.3 is 5.11 Å². The van der Waals surface area contributed by atoms with Crippen molar-refractivity contribution in [3.63, 3.8) is 0 Å². The number of nitrogens with one attached hydrogen (secondary N) is 2. The number of benzene rings is 2. The van der Waals surface area contributed by atoms with E-state index in [2.05, 4.69) is 31.6 Å². The van der Waals surface area contributed by atoms with Gasteiger partial charge in [-0.25, -0.2) is 0 Å². The monoisotopic (exact) mass is 312 g/mol. The number of phenols is 1. The smallest absolute Gasteiger partial charge is 0.273 e. The van der Waals surface area contributed by atoms with Crippen molar-refractivity contribution in [2.45, 2.75) is 26.2 Å². The Morgan fingerprint density at radius 2 is 1.43 bits per heavy atom. The molecule has 0 saturated carbocycles. The van der Waals surface area contributed by atoms with Gasteiger partial charge in [0.25, 0.3) is 11.8 Å². The number of carbonyl (C=O) groups excluding carboxylic acids is 2. The summed E-state index contributed by atoms with van der Waals surface area (Å²) >= 11 is 0. The molecule has 0 aliphatic heterocycles. The van der Waals surface area contributed by atoms with Gasteiger partial charge in [0.1, 0.15) is 5.75 Å². The molecule has 2 rings (SSSR count). The van der Waals surface area contributed by atoms with Crippen molar-refractivity contribution in [1.82, 2.24) is 10.9 Å². The molecular formula is C18H20N2O3. The molecule has 0 heterocycles. The van der Waals surface area contributed by atoms with Gasteiger partial charge in [-0.2, -0.15) is 0 Å². The minimum Gasteiger partial charge on any atom is -0.507 e. The van der Waals surface area contributed by atoms with Crippen LogP contribution >= 0.6 is 0 Å². The van der Waals surface area contributed by atoms with Crippen LogP contribution in [-0.4, -0.2) is 16.9 Å². The standard InChI is InChI=1S/C18H20N2O3/c1-18(2,3)13-10-8-12(9-11-13)16(22)19-20-17(23)14-6-4-5-7-15(14)21/h4-11,21H,1-3H3,(H,19,22)(H,20,23). The lowest BCUT2D eigenvalue weighted by atomic mass is 9.87. The summed E-state index contributed by atoms with van der Waals surface area (Å²) in [5.41, 5.74) is 6.28. The van der Waals surface area contributed by atoms with Crippen molar-refractivity contribution in [3.05, 3.63) is 65.2 Å². The summed E-state index contributed by atoms with van der Waals surface area (Å²) in [6, 6.07) is 13.3. The molecule has 0 fully saturated rings. The van der Waals surface area contributed by atoms with Crippen molar-refractivity contribution in [3.8, 4) is 5.75 Å². The molecule has 5 heteroatoms. The zero-order valence-electron chi connectivity index (χ0n) is 13.4. The minimum absolute atomic E-state index is 0.00799. The first-order valence-electron chi connectivity index (χ1n) is 7.28. The number of hydrazine groups is 1. The maximum Gasteiger partial charge on any atom is 0.273 e. The molecule has 120 valence electrons. The molecule has 5 nitrogen and oxygen atoms in total. The molecule has 0 unspecified atom stereocenters. The van der Waals surface area contributed by atoms with Gasteiger partial charge in [0.15, 0.2) is 0 Å². The van der Waals surface area contributed by atoms with Crippen LogP contribution in [0.3, 0.4) is 0 Å². The molecule has 0 spiro atoms. The SMILES string of the molecule is CC(C)(C)c1ccc(C(=O)NNC(=O)c2ccccc2O)cc1. The van der Waals surface area contributed by atoms with Gasteiger partial charge >= 0.3 is 0 Å². The van der Waals surface area contributed by atoms with E-state index in [1.54, 1.807) is 24.3 Å². The molecule has 0 saturated heterocycles. The zero-order valence-corrected chi connectivity index (χ0v) is 13.4. The quantitative estimate of drug-likeness (QED) is 0.746. The maximum atomic E-state index is 12.0. The molecule has 3 N–H and O–H groups in total. The molecular weight excluding hydrogens is 292 g/mol. The molecule has 2 aromatic rings. The molecule has 0 aliphatic carbocycles. The Morgan fingerprint density at radius 1 is 0.870 bits per heavy atom. The highest BCUT2D eigenvalue weighted by Gasteiger charge is 2.15. The zero-order chi connectivity index (χ0) is 17.0. The van der Waals surface area contributed by atoms with Crippen molar-refractivity contribution in [2.75, 3.05) is 0 Å². The van der Waals surface area contributed by atoms with E-state index < -0.39 is 11.8 Å². The van der Waals surface area contributed by atoms with E-state index in [4.69, 9.17) is 0 Å². The normalized spacial score (nSPS) is 10.9. The fraction of sp³-hybridized carbons (Fsp3) is 0.222. The predicted molar refractivity (Wildman–Crippen MR) is 88.2 cm³/mol. The molecule has 0 atom stereocenters. The van der Waals surface area contributed by atoms with Crippen LogP contribution in [0.25, 0.3) is 0 Å². The lowest BCUT2D eigenvalue weighted by Gasteiger charge is -2.19. The summed E-state index contributed by atoms with van der Waals surface area (Å²) in [6.07, 6.45) is 0. The summed E-state index contributed by atoms with van der Waals surface area (Å²) in [5.74, 6) is -1.15. The highest BCUT2D eigenvalue weighted by Crippen LogP contribution is 2.22. The molecule has 2 amide bonds. The van der Waals surface area contributed by atoms with E-state index >= 15 is 0 Å². The minimum atomic E-state index is -0.581. The number of carbonyl (C=O) groups is 2. The summed E-state index contributed by atoms with van der Waals surface area (Å²) in [6.45, 7) is 6.28. The Hall–Kier alpha value is -2.82. The Kier molecular flexibility index (Phi) is 4.69. The fourth-order valence-corrected chi connectivity index (χ4v) is 2.04. The van der Waals surface area contributed by atoms with Crippen LogP contribution in [0.15, 0.2) is 48.5 Å². The number of rotatable bonds is 2. The second-order valence-electron chi connectivity index (χ2n) is 6.25. The second kappa shape index (κ2) is 6.52. The van der Waals surface area contributed by atoms with Crippen LogP contribution in [0, 0.1) is 0 Å². The second-order valence-corrected chi connectivity index (χ2v) is 6.25. The van der Waals surface area contributed by atoms with Gasteiger partial charge in [-0.3, -0.25) is 20.4 Å². The van der Waals surface area contributed by atoms with E-state index in [-0.39, 0.29) is 16.7 Å². The molecule has 23 heavy (non-hydrogen) atoms.